The molecule has 31 heavy (non-hydrogen) atoms. The molecule has 4 aromatic rings. The van der Waals surface area contributed by atoms with Gasteiger partial charge in [-0.1, -0.05) is 48.5 Å². The van der Waals surface area contributed by atoms with Crippen LogP contribution in [0, 0.1) is 11.3 Å². The smallest absolute Gasteiger partial charge is 0.399 e. The van der Waals surface area contributed by atoms with Crippen molar-refractivity contribution in [3.63, 3.8) is 0 Å². The SMILES string of the molecule is CC1(C)OB(c2cc(C#N)c3ccccc3c2-c2nccc3ccccc23)OC1(C)C. The number of fused-ring (bicyclic) bond motifs is 2. The summed E-state index contributed by atoms with van der Waals surface area (Å²) in [6, 6.07) is 22.5. The largest absolute Gasteiger partial charge is 0.495 e. The summed E-state index contributed by atoms with van der Waals surface area (Å²) in [6.45, 7) is 8.15. The van der Waals surface area contributed by atoms with Gasteiger partial charge in [0.2, 0.25) is 0 Å². The second-order valence-electron chi connectivity index (χ2n) is 9.01. The fourth-order valence-electron chi connectivity index (χ4n) is 4.23. The van der Waals surface area contributed by atoms with Crippen molar-refractivity contribution in [2.45, 2.75) is 38.9 Å². The van der Waals surface area contributed by atoms with E-state index in [4.69, 9.17) is 14.3 Å². The quantitative estimate of drug-likeness (QED) is 0.428. The van der Waals surface area contributed by atoms with Gasteiger partial charge in [-0.05, 0) is 56.1 Å². The standard InChI is InChI=1S/C26H23BN2O2/c1-25(2)26(3,4)31-27(30-25)22-15-18(16-28)19-10-7-8-12-21(19)23(22)24-20-11-6-5-9-17(20)13-14-29-24/h5-15H,1-4H3. The minimum atomic E-state index is -0.600. The van der Waals surface area contributed by atoms with E-state index in [1.807, 2.05) is 82.4 Å². The van der Waals surface area contributed by atoms with Crippen LogP contribution in [-0.2, 0) is 9.31 Å². The molecular weight excluding hydrogens is 383 g/mol. The third-order valence-corrected chi connectivity index (χ3v) is 6.61. The van der Waals surface area contributed by atoms with Crippen LogP contribution in [0.15, 0.2) is 66.9 Å². The molecule has 2 heterocycles. The summed E-state index contributed by atoms with van der Waals surface area (Å²) in [5.41, 5.74) is 2.27. The molecule has 1 saturated heterocycles. The van der Waals surface area contributed by atoms with Gasteiger partial charge in [-0.25, -0.2) is 0 Å². The Bertz CT molecular complexity index is 1350. The molecule has 4 nitrogen and oxygen atoms in total. The highest BCUT2D eigenvalue weighted by atomic mass is 16.7. The summed E-state index contributed by atoms with van der Waals surface area (Å²) in [6.07, 6.45) is 1.83. The van der Waals surface area contributed by atoms with E-state index in [-0.39, 0.29) is 0 Å². The van der Waals surface area contributed by atoms with Crippen LogP contribution in [0.4, 0.5) is 0 Å². The summed E-state index contributed by atoms with van der Waals surface area (Å²) in [5.74, 6) is 0. The number of hydrogen-bond donors (Lipinski definition) is 0. The molecule has 0 aliphatic carbocycles. The monoisotopic (exact) mass is 406 g/mol. The van der Waals surface area contributed by atoms with Crippen LogP contribution < -0.4 is 5.46 Å². The van der Waals surface area contributed by atoms with Gasteiger partial charge in [-0.2, -0.15) is 5.26 Å². The van der Waals surface area contributed by atoms with Crippen molar-refractivity contribution in [3.05, 3.63) is 72.4 Å². The van der Waals surface area contributed by atoms with E-state index in [1.54, 1.807) is 0 Å². The number of rotatable bonds is 2. The Hall–Kier alpha value is -3.20. The molecule has 1 aromatic heterocycles. The molecule has 0 amide bonds. The number of nitrogens with zero attached hydrogens (tertiary/aromatic N) is 2. The zero-order valence-electron chi connectivity index (χ0n) is 18.1. The van der Waals surface area contributed by atoms with Crippen molar-refractivity contribution in [2.24, 2.45) is 0 Å². The van der Waals surface area contributed by atoms with Crippen LogP contribution in [0.5, 0.6) is 0 Å². The van der Waals surface area contributed by atoms with Crippen molar-refractivity contribution in [1.29, 1.82) is 5.26 Å². The van der Waals surface area contributed by atoms with Gasteiger partial charge in [0.05, 0.1) is 28.5 Å². The first-order valence-corrected chi connectivity index (χ1v) is 10.5. The molecular formula is C26H23BN2O2. The van der Waals surface area contributed by atoms with Gasteiger partial charge in [0.15, 0.2) is 0 Å². The Balaban J connectivity index is 1.87. The highest BCUT2D eigenvalue weighted by Crippen LogP contribution is 2.39. The lowest BCUT2D eigenvalue weighted by atomic mass is 9.72. The van der Waals surface area contributed by atoms with E-state index < -0.39 is 18.3 Å². The first-order chi connectivity index (χ1) is 14.8. The molecule has 0 atom stereocenters. The topological polar surface area (TPSA) is 55.1 Å². The highest BCUT2D eigenvalue weighted by Gasteiger charge is 2.52. The van der Waals surface area contributed by atoms with Gasteiger partial charge < -0.3 is 9.31 Å². The zero-order valence-corrected chi connectivity index (χ0v) is 18.1. The number of nitriles is 1. The minimum Gasteiger partial charge on any atom is -0.399 e. The van der Waals surface area contributed by atoms with Crippen LogP contribution >= 0.6 is 0 Å². The highest BCUT2D eigenvalue weighted by molar-refractivity contribution is 6.64. The van der Waals surface area contributed by atoms with E-state index in [9.17, 15) is 5.26 Å². The van der Waals surface area contributed by atoms with Gasteiger partial charge in [-0.3, -0.25) is 4.98 Å². The van der Waals surface area contributed by atoms with Gasteiger partial charge in [-0.15, -0.1) is 0 Å². The van der Waals surface area contributed by atoms with Crippen molar-refractivity contribution < 1.29 is 9.31 Å². The van der Waals surface area contributed by atoms with Crippen molar-refractivity contribution in [1.82, 2.24) is 4.98 Å². The molecule has 1 fully saturated rings. The summed E-state index contributed by atoms with van der Waals surface area (Å²) in [5, 5.41) is 13.9. The summed E-state index contributed by atoms with van der Waals surface area (Å²) >= 11 is 0. The van der Waals surface area contributed by atoms with Gasteiger partial charge >= 0.3 is 7.12 Å². The maximum absolute atomic E-state index is 9.89. The third-order valence-electron chi connectivity index (χ3n) is 6.61. The lowest BCUT2D eigenvalue weighted by molar-refractivity contribution is 0.00578. The van der Waals surface area contributed by atoms with Gasteiger partial charge in [0.1, 0.15) is 0 Å². The Morgan fingerprint density at radius 2 is 1.45 bits per heavy atom. The Morgan fingerprint density at radius 1 is 0.839 bits per heavy atom. The molecule has 5 heteroatoms. The van der Waals surface area contributed by atoms with Crippen molar-refractivity contribution in [2.75, 3.05) is 0 Å². The maximum atomic E-state index is 9.89. The van der Waals surface area contributed by atoms with Crippen LogP contribution in [0.1, 0.15) is 33.3 Å². The molecule has 5 rings (SSSR count). The second kappa shape index (κ2) is 6.92. The molecule has 1 aliphatic heterocycles. The molecule has 0 spiro atoms. The lowest BCUT2D eigenvalue weighted by Crippen LogP contribution is -2.41. The molecule has 1 aliphatic rings. The summed E-state index contributed by atoms with van der Waals surface area (Å²) in [4.78, 5) is 4.79. The van der Waals surface area contributed by atoms with E-state index in [0.717, 1.165) is 38.3 Å². The lowest BCUT2D eigenvalue weighted by Gasteiger charge is -2.32. The molecule has 0 N–H and O–H groups in total. The van der Waals surface area contributed by atoms with Crippen LogP contribution in [0.25, 0.3) is 32.8 Å². The first kappa shape index (κ1) is 19.7. The Morgan fingerprint density at radius 3 is 2.13 bits per heavy atom. The van der Waals surface area contributed by atoms with E-state index >= 15 is 0 Å². The van der Waals surface area contributed by atoms with Crippen molar-refractivity contribution in [3.8, 4) is 17.3 Å². The normalized spacial score (nSPS) is 17.2. The molecule has 0 saturated carbocycles. The molecule has 3 aromatic carbocycles. The van der Waals surface area contributed by atoms with E-state index in [1.165, 1.54) is 0 Å². The summed E-state index contributed by atoms with van der Waals surface area (Å²) in [7, 11) is -0.600. The predicted octanol–water partition coefficient (Wildman–Crippen LogP) is 5.23. The predicted molar refractivity (Wildman–Crippen MR) is 125 cm³/mol. The van der Waals surface area contributed by atoms with Crippen LogP contribution in [0.2, 0.25) is 0 Å². The average Bonchev–Trinajstić information content (AvgIpc) is 2.99. The van der Waals surface area contributed by atoms with Crippen LogP contribution in [0.3, 0.4) is 0 Å². The van der Waals surface area contributed by atoms with E-state index in [0.29, 0.717) is 5.56 Å². The Labute approximate surface area is 182 Å². The minimum absolute atomic E-state index is 0.487. The van der Waals surface area contributed by atoms with E-state index in [2.05, 4.69) is 18.2 Å². The van der Waals surface area contributed by atoms with Gasteiger partial charge in [0, 0.05) is 22.5 Å². The molecule has 0 bridgehead atoms. The first-order valence-electron chi connectivity index (χ1n) is 10.5. The summed E-state index contributed by atoms with van der Waals surface area (Å²) < 4.78 is 12.8. The zero-order chi connectivity index (χ0) is 21.8. The molecule has 0 unspecified atom stereocenters. The maximum Gasteiger partial charge on any atom is 0.495 e. The fraction of sp³-hybridized carbons (Fsp3) is 0.231. The number of hydrogen-bond acceptors (Lipinski definition) is 4. The third kappa shape index (κ3) is 3.03. The van der Waals surface area contributed by atoms with Crippen LogP contribution in [-0.4, -0.2) is 23.3 Å². The number of benzene rings is 3. The second-order valence-corrected chi connectivity index (χ2v) is 9.01. The Kier molecular flexibility index (Phi) is 4.41. The molecule has 0 radical (unpaired) electrons. The molecule has 152 valence electrons. The van der Waals surface area contributed by atoms with Crippen molar-refractivity contribution >= 4 is 34.1 Å². The average molecular weight is 406 g/mol. The fourth-order valence-corrected chi connectivity index (χ4v) is 4.23. The number of aromatic nitrogens is 1. The number of pyridine rings is 1. The van der Waals surface area contributed by atoms with Gasteiger partial charge in [0.25, 0.3) is 0 Å².